The normalized spacial score (nSPS) is 22.6. The average molecular weight is 314 g/mol. The van der Waals surface area contributed by atoms with E-state index in [2.05, 4.69) is 38.9 Å². The number of likely N-dealkylation sites (tertiary alicyclic amines) is 1. The van der Waals surface area contributed by atoms with Crippen molar-refractivity contribution in [2.75, 3.05) is 25.0 Å². The monoisotopic (exact) mass is 314 g/mol. The molecule has 1 saturated heterocycles. The van der Waals surface area contributed by atoms with Gasteiger partial charge in [-0.15, -0.1) is 6.58 Å². The average Bonchev–Trinajstić information content (AvgIpc) is 3.00. The Labute approximate surface area is 135 Å². The van der Waals surface area contributed by atoms with E-state index >= 15 is 0 Å². The van der Waals surface area contributed by atoms with E-state index in [1.54, 1.807) is 23.7 Å². The first kappa shape index (κ1) is 14.2. The molecule has 3 heterocycles. The Morgan fingerprint density at radius 3 is 3.05 bits per heavy atom. The minimum absolute atomic E-state index is 0.723. The van der Waals surface area contributed by atoms with E-state index in [1.807, 2.05) is 0 Å². The van der Waals surface area contributed by atoms with Crippen LogP contribution in [0.15, 0.2) is 46.3 Å². The van der Waals surface area contributed by atoms with E-state index in [4.69, 9.17) is 0 Å². The highest BCUT2D eigenvalue weighted by atomic mass is 32.2. The Morgan fingerprint density at radius 1 is 1.36 bits per heavy atom. The molecule has 2 N–H and O–H groups in total. The highest BCUT2D eigenvalue weighted by molar-refractivity contribution is 8.03. The van der Waals surface area contributed by atoms with Crippen LogP contribution in [0, 0.1) is 5.92 Å². The zero-order chi connectivity index (χ0) is 14.9. The highest BCUT2D eigenvalue weighted by Gasteiger charge is 2.24. The summed E-state index contributed by atoms with van der Waals surface area (Å²) in [6.45, 7) is 7.45. The van der Waals surface area contributed by atoms with Crippen molar-refractivity contribution in [2.24, 2.45) is 5.92 Å². The van der Waals surface area contributed by atoms with Crippen molar-refractivity contribution < 1.29 is 0 Å². The standard InChI is InChI=1S/C17H22N4S/c1-2-12-5-7-21(8-6-12)10-13-3-4-15-14(9-13)20-16-17(22-15)19-11-18-16/h2,9,11-12,20H,1,3-8,10H2,(H,18,19). The van der Waals surface area contributed by atoms with Crippen LogP contribution in [0.1, 0.15) is 25.7 Å². The molecule has 1 aromatic rings. The van der Waals surface area contributed by atoms with Crippen molar-refractivity contribution in [3.05, 3.63) is 41.2 Å². The van der Waals surface area contributed by atoms with Crippen molar-refractivity contribution in [3.63, 3.8) is 0 Å². The molecule has 0 atom stereocenters. The zero-order valence-electron chi connectivity index (χ0n) is 12.8. The fourth-order valence-electron chi connectivity index (χ4n) is 3.44. The molecule has 0 amide bonds. The van der Waals surface area contributed by atoms with Gasteiger partial charge in [-0.3, -0.25) is 4.90 Å². The van der Waals surface area contributed by atoms with E-state index in [9.17, 15) is 0 Å². The Balaban J connectivity index is 1.42. The highest BCUT2D eigenvalue weighted by Crippen LogP contribution is 2.42. The smallest absolute Gasteiger partial charge is 0.143 e. The number of hydrogen-bond acceptors (Lipinski definition) is 4. The molecule has 4 nitrogen and oxygen atoms in total. The van der Waals surface area contributed by atoms with Crippen molar-refractivity contribution in [2.45, 2.75) is 30.7 Å². The minimum Gasteiger partial charge on any atom is -0.339 e. The van der Waals surface area contributed by atoms with Crippen LogP contribution in [0.5, 0.6) is 0 Å². The summed E-state index contributed by atoms with van der Waals surface area (Å²) in [5.41, 5.74) is 2.82. The molecule has 22 heavy (non-hydrogen) atoms. The van der Waals surface area contributed by atoms with Gasteiger partial charge in [0.15, 0.2) is 0 Å². The molecule has 0 radical (unpaired) electrons. The van der Waals surface area contributed by atoms with Crippen molar-refractivity contribution in [1.29, 1.82) is 0 Å². The van der Waals surface area contributed by atoms with Gasteiger partial charge in [0, 0.05) is 17.1 Å². The first-order valence-electron chi connectivity index (χ1n) is 8.07. The largest absolute Gasteiger partial charge is 0.339 e. The van der Waals surface area contributed by atoms with E-state index < -0.39 is 0 Å². The molecule has 1 fully saturated rings. The molecule has 4 rings (SSSR count). The number of fused-ring (bicyclic) bond motifs is 1. The van der Waals surface area contributed by atoms with Gasteiger partial charge in [-0.2, -0.15) is 0 Å². The van der Waals surface area contributed by atoms with Gasteiger partial charge in [-0.05, 0) is 50.8 Å². The number of hydrogen-bond donors (Lipinski definition) is 2. The summed E-state index contributed by atoms with van der Waals surface area (Å²) in [5.74, 6) is 1.76. The number of H-pyrrole nitrogens is 1. The van der Waals surface area contributed by atoms with Gasteiger partial charge in [0.05, 0.1) is 6.33 Å². The molecular weight excluding hydrogens is 292 g/mol. The first-order valence-corrected chi connectivity index (χ1v) is 8.89. The number of piperidine rings is 1. The number of nitrogens with zero attached hydrogens (tertiary/aromatic N) is 2. The molecule has 1 aromatic heterocycles. The molecule has 0 unspecified atom stereocenters. The second-order valence-corrected chi connectivity index (χ2v) is 7.38. The molecule has 0 bridgehead atoms. The molecule has 0 spiro atoms. The van der Waals surface area contributed by atoms with E-state index in [-0.39, 0.29) is 0 Å². The first-order chi connectivity index (χ1) is 10.8. The van der Waals surface area contributed by atoms with E-state index in [0.717, 1.165) is 29.7 Å². The maximum atomic E-state index is 4.35. The second kappa shape index (κ2) is 5.97. The second-order valence-electron chi connectivity index (χ2n) is 6.30. The summed E-state index contributed by atoms with van der Waals surface area (Å²) in [6, 6.07) is 0. The number of anilines is 1. The predicted octanol–water partition coefficient (Wildman–Crippen LogP) is 3.76. The fourth-order valence-corrected chi connectivity index (χ4v) is 4.41. The van der Waals surface area contributed by atoms with Crippen molar-refractivity contribution in [1.82, 2.24) is 14.9 Å². The lowest BCUT2D eigenvalue weighted by Crippen LogP contribution is -2.35. The Kier molecular flexibility index (Phi) is 3.84. The molecule has 2 aliphatic heterocycles. The topological polar surface area (TPSA) is 44.0 Å². The number of allylic oxidation sites excluding steroid dienone is 3. The third-order valence-electron chi connectivity index (χ3n) is 4.80. The van der Waals surface area contributed by atoms with E-state index in [0.29, 0.717) is 0 Å². The predicted molar refractivity (Wildman–Crippen MR) is 91.8 cm³/mol. The SMILES string of the molecule is C=CC1CCN(CC2=CC3=C(CC2)Sc2nc[nH]c2N3)CC1. The molecule has 0 saturated carbocycles. The number of rotatable bonds is 3. The third kappa shape index (κ3) is 2.75. The summed E-state index contributed by atoms with van der Waals surface area (Å²) < 4.78 is 0. The van der Waals surface area contributed by atoms with Crippen LogP contribution in [0.2, 0.25) is 0 Å². The summed E-state index contributed by atoms with van der Waals surface area (Å²) in [4.78, 5) is 11.5. The zero-order valence-corrected chi connectivity index (χ0v) is 13.6. The number of aromatic nitrogens is 2. The van der Waals surface area contributed by atoms with Gasteiger partial charge in [-0.25, -0.2) is 4.98 Å². The number of aromatic amines is 1. The lowest BCUT2D eigenvalue weighted by Gasteiger charge is -2.32. The van der Waals surface area contributed by atoms with Crippen LogP contribution in [0.3, 0.4) is 0 Å². The number of thioether (sulfide) groups is 1. The fraction of sp³-hybridized carbons (Fsp3) is 0.471. The van der Waals surface area contributed by atoms with Crippen LogP contribution in [-0.4, -0.2) is 34.5 Å². The summed E-state index contributed by atoms with van der Waals surface area (Å²) in [7, 11) is 0. The Hall–Kier alpha value is -1.46. The van der Waals surface area contributed by atoms with Gasteiger partial charge in [-0.1, -0.05) is 23.4 Å². The molecule has 5 heteroatoms. The third-order valence-corrected chi connectivity index (χ3v) is 5.97. The summed E-state index contributed by atoms with van der Waals surface area (Å²) in [6.07, 6.45) is 11.1. The van der Waals surface area contributed by atoms with Crippen molar-refractivity contribution in [3.8, 4) is 0 Å². The molecular formula is C17H22N4S. The number of imidazole rings is 1. The maximum absolute atomic E-state index is 4.35. The molecule has 3 aliphatic rings. The van der Waals surface area contributed by atoms with Gasteiger partial charge in [0.25, 0.3) is 0 Å². The van der Waals surface area contributed by atoms with Gasteiger partial charge >= 0.3 is 0 Å². The quantitative estimate of drug-likeness (QED) is 0.834. The summed E-state index contributed by atoms with van der Waals surface area (Å²) >= 11 is 1.80. The molecule has 0 aromatic carbocycles. The summed E-state index contributed by atoms with van der Waals surface area (Å²) in [5, 5.41) is 4.57. The van der Waals surface area contributed by atoms with Crippen molar-refractivity contribution >= 4 is 17.6 Å². The Bertz CT molecular complexity index is 635. The van der Waals surface area contributed by atoms with Crippen LogP contribution in [0.25, 0.3) is 0 Å². The van der Waals surface area contributed by atoms with Crippen LogP contribution < -0.4 is 5.32 Å². The number of nitrogens with one attached hydrogen (secondary N) is 2. The van der Waals surface area contributed by atoms with E-state index in [1.165, 1.54) is 43.0 Å². The lowest BCUT2D eigenvalue weighted by molar-refractivity contribution is 0.217. The van der Waals surface area contributed by atoms with Crippen LogP contribution in [-0.2, 0) is 0 Å². The van der Waals surface area contributed by atoms with Gasteiger partial charge < -0.3 is 10.3 Å². The Morgan fingerprint density at radius 2 is 2.23 bits per heavy atom. The van der Waals surface area contributed by atoms with Crippen LogP contribution in [0.4, 0.5) is 5.82 Å². The van der Waals surface area contributed by atoms with Gasteiger partial charge in [0.2, 0.25) is 0 Å². The molecule has 116 valence electrons. The lowest BCUT2D eigenvalue weighted by atomic mass is 9.95. The van der Waals surface area contributed by atoms with Crippen LogP contribution >= 0.6 is 11.8 Å². The maximum Gasteiger partial charge on any atom is 0.143 e. The minimum atomic E-state index is 0.723. The molecule has 1 aliphatic carbocycles. The van der Waals surface area contributed by atoms with Gasteiger partial charge in [0.1, 0.15) is 10.8 Å².